The fourth-order valence-electron chi connectivity index (χ4n) is 7.37. The minimum atomic E-state index is -0.942. The van der Waals surface area contributed by atoms with Crippen molar-refractivity contribution in [1.82, 2.24) is 0 Å². The van der Waals surface area contributed by atoms with Gasteiger partial charge in [0.05, 0.1) is 43.9 Å². The van der Waals surface area contributed by atoms with E-state index in [1.165, 1.54) is 0 Å². The molecular weight excluding hydrogens is 775 g/mol. The van der Waals surface area contributed by atoms with E-state index in [0.717, 1.165) is 59.5 Å². The fraction of sp³-hybridized carbons (Fsp3) is 0. The molecule has 2 heteroatoms. The Hall–Kier alpha value is -8.46. The summed E-state index contributed by atoms with van der Waals surface area (Å²) in [5.41, 5.74) is -7.28. The SMILES string of the molecule is [2H]c1cc(-c2cc(N(c3cc([2H])c(-c4c([2H])c5c([2H])cc([2H])c([2H])c5c5c([2H])c([2H])c([2H])cc45)c([2H])c3)c3cc([2H])c(-c4cc([2H])c(-c5c([2H])c([2H])c([2H])c6c5oc5c([2H])c([2H])c([2H])c([2H])c56)c([2H])c4[2H])c([2H])c3[2H])c([2H])c([2H])c2-c2cc([2H])c([2H])c([2H])c2[2H])c([2H])c([2H])c1[2H]. The number of fused-ring (bicyclic) bond motifs is 6. The maximum Gasteiger partial charge on any atom is 0.143 e. The molecule has 0 saturated carbocycles. The molecule has 0 bridgehead atoms. The lowest BCUT2D eigenvalue weighted by molar-refractivity contribution is 0.670. The molecule has 0 atom stereocenters. The largest absolute Gasteiger partial charge is 0.455 e. The Bertz CT molecular complexity index is 5560. The molecule has 12 aromatic rings. The molecular formula is C62H41NO. The summed E-state index contributed by atoms with van der Waals surface area (Å²) in [4.78, 5) is 0.916. The van der Waals surface area contributed by atoms with Crippen LogP contribution in [-0.4, -0.2) is 0 Å². The van der Waals surface area contributed by atoms with Gasteiger partial charge in [-0.1, -0.05) is 200 Å². The summed E-state index contributed by atoms with van der Waals surface area (Å²) in [5.74, 6) is 0. The molecule has 2 nitrogen and oxygen atoms in total. The highest BCUT2D eigenvalue weighted by molar-refractivity contribution is 6.14. The third-order valence-corrected chi connectivity index (χ3v) is 10.3. The van der Waals surface area contributed by atoms with Crippen LogP contribution >= 0.6 is 0 Å². The number of hydrogen-bond donors (Lipinski definition) is 0. The molecule has 1 aromatic heterocycles. The van der Waals surface area contributed by atoms with Crippen LogP contribution in [0.15, 0.2) is 252 Å². The fourth-order valence-corrected chi connectivity index (χ4v) is 7.37. The lowest BCUT2D eigenvalue weighted by Crippen LogP contribution is -2.10. The normalized spacial score (nSPS) is 18.4. The number of benzene rings is 11. The average Bonchev–Trinajstić information content (AvgIpc) is 1.24. The van der Waals surface area contributed by atoms with E-state index in [0.29, 0.717) is 0 Å². The predicted octanol–water partition coefficient (Wildman–Crippen LogP) is 17.7. The Morgan fingerprint density at radius 2 is 0.984 bits per heavy atom. The number of para-hydroxylation sites is 2. The number of hydrogen-bond acceptors (Lipinski definition) is 2. The van der Waals surface area contributed by atoms with Crippen LogP contribution < -0.4 is 4.90 Å². The number of anilines is 3. The number of rotatable bonds is 8. The molecule has 0 radical (unpaired) electrons. The lowest BCUT2D eigenvalue weighted by atomic mass is 9.93. The molecule has 0 fully saturated rings. The van der Waals surface area contributed by atoms with Gasteiger partial charge in [-0.05, 0) is 120 Å². The average molecular weight is 848 g/mol. The molecule has 0 aliphatic heterocycles. The van der Waals surface area contributed by atoms with Crippen LogP contribution in [0.5, 0.6) is 0 Å². The molecule has 64 heavy (non-hydrogen) atoms. The quantitative estimate of drug-likeness (QED) is 0.142. The first-order valence-electron chi connectivity index (χ1n) is 35.3. The monoisotopic (exact) mass is 848 g/mol. The molecule has 0 unspecified atom stereocenters. The van der Waals surface area contributed by atoms with E-state index in [9.17, 15) is 15.1 Å². The van der Waals surface area contributed by atoms with Crippen molar-refractivity contribution in [3.63, 3.8) is 0 Å². The van der Waals surface area contributed by atoms with Crippen molar-refractivity contribution < 1.29 is 48.3 Å². The molecule has 0 N–H and O–H groups in total. The Morgan fingerprint density at radius 3 is 1.88 bits per heavy atom. The zero-order chi connectivity index (χ0) is 70.2. The third kappa shape index (κ3) is 6.61. The predicted molar refractivity (Wildman–Crippen MR) is 271 cm³/mol. The van der Waals surface area contributed by atoms with Gasteiger partial charge in [0, 0.05) is 33.4 Å². The topological polar surface area (TPSA) is 16.4 Å². The second-order valence-electron chi connectivity index (χ2n) is 14.0. The van der Waals surface area contributed by atoms with E-state index < -0.39 is 272 Å². The van der Waals surface area contributed by atoms with E-state index in [1.54, 1.807) is 0 Å². The van der Waals surface area contributed by atoms with E-state index in [-0.39, 0.29) is 37.9 Å². The summed E-state index contributed by atoms with van der Waals surface area (Å²) < 4.78 is 294. The second-order valence-corrected chi connectivity index (χ2v) is 14.0. The Labute approximate surface area is 417 Å². The molecule has 0 aliphatic carbocycles. The van der Waals surface area contributed by atoms with E-state index in [1.807, 2.05) is 0 Å². The van der Waals surface area contributed by atoms with Gasteiger partial charge >= 0.3 is 0 Å². The molecule has 0 aliphatic rings. The van der Waals surface area contributed by atoms with E-state index in [2.05, 4.69) is 0 Å². The van der Waals surface area contributed by atoms with Gasteiger partial charge in [-0.25, -0.2) is 0 Å². The summed E-state index contributed by atoms with van der Waals surface area (Å²) in [6, 6.07) is -14.2. The van der Waals surface area contributed by atoms with Crippen molar-refractivity contribution in [2.75, 3.05) is 4.90 Å². The Morgan fingerprint density at radius 1 is 0.328 bits per heavy atom. The maximum absolute atomic E-state index is 9.85. The molecule has 12 rings (SSSR count). The summed E-state index contributed by atoms with van der Waals surface area (Å²) >= 11 is 0. The summed E-state index contributed by atoms with van der Waals surface area (Å²) in [5, 5.41) is -1.74. The van der Waals surface area contributed by atoms with Gasteiger partial charge in [0.1, 0.15) is 11.2 Å². The minimum absolute atomic E-state index is 0.204. The highest BCUT2D eigenvalue weighted by Crippen LogP contribution is 2.43. The highest BCUT2D eigenvalue weighted by Gasteiger charge is 2.18. The second kappa shape index (κ2) is 15.8. The van der Waals surface area contributed by atoms with Crippen molar-refractivity contribution in [3.8, 4) is 55.6 Å². The maximum atomic E-state index is 9.85. The van der Waals surface area contributed by atoms with Crippen molar-refractivity contribution in [2.24, 2.45) is 0 Å². The first-order valence-corrected chi connectivity index (χ1v) is 19.3. The van der Waals surface area contributed by atoms with Crippen molar-refractivity contribution in [3.05, 3.63) is 248 Å². The first kappa shape index (κ1) is 17.0. The Kier molecular flexibility index (Phi) is 4.19. The van der Waals surface area contributed by atoms with Gasteiger partial charge < -0.3 is 9.32 Å². The molecule has 300 valence electrons. The Balaban J connectivity index is 1.15. The molecule has 0 saturated heterocycles. The smallest absolute Gasteiger partial charge is 0.143 e. The van der Waals surface area contributed by atoms with Crippen molar-refractivity contribution in [2.45, 2.75) is 0 Å². The van der Waals surface area contributed by atoms with Gasteiger partial charge in [-0.2, -0.15) is 0 Å². The minimum Gasteiger partial charge on any atom is -0.455 e. The van der Waals surface area contributed by atoms with Gasteiger partial charge in [0.15, 0.2) is 0 Å². The third-order valence-electron chi connectivity index (χ3n) is 10.3. The van der Waals surface area contributed by atoms with Gasteiger partial charge in [0.2, 0.25) is 0 Å². The van der Waals surface area contributed by atoms with Crippen LogP contribution in [0.25, 0.3) is 99.1 Å². The summed E-state index contributed by atoms with van der Waals surface area (Å²) in [7, 11) is 0. The van der Waals surface area contributed by atoms with E-state index >= 15 is 0 Å². The zero-order valence-electron chi connectivity index (χ0n) is 64.6. The van der Waals surface area contributed by atoms with Crippen molar-refractivity contribution >= 4 is 60.5 Å². The van der Waals surface area contributed by atoms with Crippen LogP contribution in [-0.2, 0) is 0 Å². The van der Waals surface area contributed by atoms with Gasteiger partial charge in [-0.3, -0.25) is 0 Å². The first-order chi connectivity index (χ1) is 45.0. The van der Waals surface area contributed by atoms with Crippen LogP contribution in [0.1, 0.15) is 43.9 Å². The standard InChI is InChI=1S/C62H41NO/c1-3-14-44(15-4-1)53-39-38-51(41-60(53)45-16-5-2-6-17-45)63(50-36-32-47(33-37-50)59-40-48-18-7-8-19-52(48)55-20-9-10-21-56(55)59)49-34-30-43(31-35-49)42-26-28-46(29-27-42)54-23-13-24-58-57-22-11-12-25-61(57)64-62(54)58/h1-41H/i1D,2D,3D,4D,5D,6D,8D,9D,10D,11D,12D,13D,14D,16D,18D,19D,20D,22D,23D,24D,25D,26D,28D,29D,30D,31D,32D,33D,34D,38D,39D,40D. The lowest BCUT2D eigenvalue weighted by Gasteiger charge is -2.27. The number of furan rings is 1. The van der Waals surface area contributed by atoms with Gasteiger partial charge in [0.25, 0.3) is 0 Å². The van der Waals surface area contributed by atoms with Crippen LogP contribution in [0.2, 0.25) is 0 Å². The summed E-state index contributed by atoms with van der Waals surface area (Å²) in [6.07, 6.45) is 0. The number of nitrogens with zero attached hydrogens (tertiary/aromatic N) is 1. The molecule has 11 aromatic carbocycles. The van der Waals surface area contributed by atoms with Crippen LogP contribution in [0.4, 0.5) is 17.1 Å². The van der Waals surface area contributed by atoms with Gasteiger partial charge in [-0.15, -0.1) is 0 Å². The highest BCUT2D eigenvalue weighted by atomic mass is 16.3. The van der Waals surface area contributed by atoms with E-state index in [4.69, 9.17) is 33.2 Å². The molecule has 1 heterocycles. The van der Waals surface area contributed by atoms with Crippen molar-refractivity contribution in [1.29, 1.82) is 0 Å². The zero-order valence-corrected chi connectivity index (χ0v) is 32.6. The van der Waals surface area contributed by atoms with Crippen LogP contribution in [0.3, 0.4) is 0 Å². The van der Waals surface area contributed by atoms with Crippen LogP contribution in [0, 0.1) is 0 Å². The molecule has 0 amide bonds. The summed E-state index contributed by atoms with van der Waals surface area (Å²) in [6.45, 7) is 0. The molecule has 0 spiro atoms.